The molecule has 2 rings (SSSR count). The number of aromatic hydroxyl groups is 1. The number of hydrogen-bond donors (Lipinski definition) is 1. The highest BCUT2D eigenvalue weighted by Gasteiger charge is 2.20. The van der Waals surface area contributed by atoms with Crippen molar-refractivity contribution >= 4 is 0 Å². The van der Waals surface area contributed by atoms with Crippen molar-refractivity contribution in [3.05, 3.63) is 41.0 Å². The summed E-state index contributed by atoms with van der Waals surface area (Å²) in [4.78, 5) is 0. The van der Waals surface area contributed by atoms with Crippen LogP contribution in [0.3, 0.4) is 0 Å². The largest absolute Gasteiger partial charge is 0.507 e. The smallest absolute Gasteiger partial charge is 0.121 e. The number of hydrogen-bond acceptors (Lipinski definition) is 1. The Kier molecular flexibility index (Phi) is 23.5. The van der Waals surface area contributed by atoms with Crippen LogP contribution in [0.5, 0.6) is 5.75 Å². The molecular weight excluding hydrogens is 460 g/mol. The van der Waals surface area contributed by atoms with E-state index in [4.69, 9.17) is 0 Å². The number of benzene rings is 1. The van der Waals surface area contributed by atoms with E-state index in [0.717, 1.165) is 23.5 Å². The van der Waals surface area contributed by atoms with Gasteiger partial charge in [0.1, 0.15) is 5.75 Å². The Morgan fingerprint density at radius 3 is 1.50 bits per heavy atom. The van der Waals surface area contributed by atoms with E-state index in [9.17, 15) is 5.11 Å². The van der Waals surface area contributed by atoms with Crippen molar-refractivity contribution in [2.75, 3.05) is 0 Å². The molecule has 1 saturated carbocycles. The minimum absolute atomic E-state index is 0.379. The summed E-state index contributed by atoms with van der Waals surface area (Å²) in [5.74, 6) is 1.38. The van der Waals surface area contributed by atoms with Crippen molar-refractivity contribution in [1.82, 2.24) is 0 Å². The molecule has 1 N–H and O–H groups in total. The third-order valence-corrected chi connectivity index (χ3v) is 8.43. The lowest BCUT2D eigenvalue weighted by molar-refractivity contribution is 0.293. The number of phenols is 1. The predicted octanol–water partition coefficient (Wildman–Crippen LogP) is 12.1. The highest BCUT2D eigenvalue weighted by Crippen LogP contribution is 2.35. The summed E-state index contributed by atoms with van der Waals surface area (Å²) < 4.78 is 0. The van der Waals surface area contributed by atoms with Crippen LogP contribution in [0.2, 0.25) is 0 Å². The van der Waals surface area contributed by atoms with E-state index in [-0.39, 0.29) is 0 Å². The second-order valence-corrected chi connectivity index (χ2v) is 12.5. The molecule has 1 aromatic rings. The first kappa shape index (κ1) is 38.5. The third kappa shape index (κ3) is 17.0. The molecule has 0 aromatic heterocycles. The average molecular weight is 527 g/mol. The molecule has 1 aliphatic rings. The van der Waals surface area contributed by atoms with Crippen LogP contribution in [-0.4, -0.2) is 5.11 Å². The van der Waals surface area contributed by atoms with E-state index in [1.54, 1.807) is 0 Å². The van der Waals surface area contributed by atoms with Crippen LogP contribution in [0.25, 0.3) is 0 Å². The zero-order valence-corrected chi connectivity index (χ0v) is 27.1. The maximum absolute atomic E-state index is 10.4. The first-order valence-electron chi connectivity index (χ1n) is 15.7. The summed E-state index contributed by atoms with van der Waals surface area (Å²) in [6.45, 7) is 24.0. The molecule has 0 spiro atoms. The molecule has 0 aliphatic heterocycles. The van der Waals surface area contributed by atoms with E-state index < -0.39 is 0 Å². The van der Waals surface area contributed by atoms with Gasteiger partial charge in [-0.05, 0) is 86.1 Å². The summed E-state index contributed by atoms with van der Waals surface area (Å²) in [5, 5.41) is 10.4. The van der Waals surface area contributed by atoms with Crippen LogP contribution in [0, 0.1) is 51.9 Å². The van der Waals surface area contributed by atoms with Crippen LogP contribution in [0.4, 0.5) is 0 Å². The zero-order chi connectivity index (χ0) is 29.6. The molecule has 38 heavy (non-hydrogen) atoms. The molecule has 0 atom stereocenters. The molecule has 0 heterocycles. The van der Waals surface area contributed by atoms with E-state index in [1.807, 2.05) is 6.92 Å². The molecule has 1 fully saturated rings. The van der Waals surface area contributed by atoms with Crippen LogP contribution in [0.1, 0.15) is 158 Å². The molecule has 1 heteroatoms. The van der Waals surface area contributed by atoms with E-state index in [0.29, 0.717) is 11.2 Å². The minimum Gasteiger partial charge on any atom is -0.507 e. The SMILES string of the molecule is C#C.C1CCC1.C=C.Cc1c(C)c(O)c(C)c(CCC(C)(C)CCCCCCCCCCCC(C)C)c1C. The summed E-state index contributed by atoms with van der Waals surface area (Å²) in [6, 6.07) is 0. The fourth-order valence-corrected chi connectivity index (χ4v) is 5.00. The lowest BCUT2D eigenvalue weighted by atomic mass is 9.79. The Balaban J connectivity index is 0. The van der Waals surface area contributed by atoms with Crippen LogP contribution < -0.4 is 0 Å². The van der Waals surface area contributed by atoms with E-state index in [2.05, 4.69) is 74.5 Å². The Hall–Kier alpha value is -1.68. The van der Waals surface area contributed by atoms with Gasteiger partial charge in [0.15, 0.2) is 0 Å². The molecule has 0 saturated heterocycles. The normalized spacial score (nSPS) is 12.3. The molecule has 0 amide bonds. The quantitative estimate of drug-likeness (QED) is 0.137. The Morgan fingerprint density at radius 1 is 0.658 bits per heavy atom. The van der Waals surface area contributed by atoms with Crippen LogP contribution in [-0.2, 0) is 6.42 Å². The van der Waals surface area contributed by atoms with Gasteiger partial charge >= 0.3 is 0 Å². The number of terminal acetylenes is 1. The standard InChI is InChI=1S/C29H52O.C4H8.C2H4.C2H2/c1-22(2)18-16-14-12-10-9-11-13-15-17-20-29(7,8)21-19-27-24(4)23(3)25(5)28(30)26(27)6;1-2-4-3-1;2*1-2/h22,30H,9-21H2,1-8H3;1-4H2;1-2H2;1-2H. The number of rotatable bonds is 15. The van der Waals surface area contributed by atoms with Crippen molar-refractivity contribution < 1.29 is 5.11 Å². The summed E-state index contributed by atoms with van der Waals surface area (Å²) >= 11 is 0. The fourth-order valence-electron chi connectivity index (χ4n) is 5.00. The van der Waals surface area contributed by atoms with Gasteiger partial charge in [-0.2, -0.15) is 0 Å². The van der Waals surface area contributed by atoms with Crippen molar-refractivity contribution in [1.29, 1.82) is 0 Å². The van der Waals surface area contributed by atoms with Gasteiger partial charge in [0.05, 0.1) is 0 Å². The van der Waals surface area contributed by atoms with E-state index >= 15 is 0 Å². The molecule has 1 nitrogen and oxygen atoms in total. The minimum atomic E-state index is 0.379. The highest BCUT2D eigenvalue weighted by atomic mass is 16.3. The lowest BCUT2D eigenvalue weighted by Crippen LogP contribution is -2.14. The fraction of sp³-hybridized carbons (Fsp3) is 0.730. The monoisotopic (exact) mass is 527 g/mol. The maximum Gasteiger partial charge on any atom is 0.121 e. The number of phenolic OH excluding ortho intramolecular Hbond substituents is 1. The highest BCUT2D eigenvalue weighted by molar-refractivity contribution is 5.53. The first-order chi connectivity index (χ1) is 18.1. The molecule has 0 unspecified atom stereocenters. The molecule has 0 bridgehead atoms. The van der Waals surface area contributed by atoms with Gasteiger partial charge in [-0.1, -0.05) is 118 Å². The van der Waals surface area contributed by atoms with Gasteiger partial charge in [-0.3, -0.25) is 0 Å². The first-order valence-corrected chi connectivity index (χ1v) is 15.7. The van der Waals surface area contributed by atoms with E-state index in [1.165, 1.54) is 119 Å². The molecule has 220 valence electrons. The van der Waals surface area contributed by atoms with Crippen molar-refractivity contribution in [2.24, 2.45) is 11.3 Å². The Morgan fingerprint density at radius 2 is 1.08 bits per heavy atom. The maximum atomic E-state index is 10.4. The van der Waals surface area contributed by atoms with Crippen molar-refractivity contribution in [3.63, 3.8) is 0 Å². The van der Waals surface area contributed by atoms with Crippen molar-refractivity contribution in [3.8, 4) is 18.6 Å². The Bertz CT molecular complexity index is 700. The second kappa shape index (κ2) is 23.2. The van der Waals surface area contributed by atoms with Gasteiger partial charge < -0.3 is 5.11 Å². The average Bonchev–Trinajstić information content (AvgIpc) is 2.86. The molecule has 0 radical (unpaired) electrons. The molecular formula is C37H66O. The van der Waals surface area contributed by atoms with Crippen molar-refractivity contribution in [2.45, 2.75) is 165 Å². The van der Waals surface area contributed by atoms with Gasteiger partial charge in [0.25, 0.3) is 0 Å². The topological polar surface area (TPSA) is 20.2 Å². The predicted molar refractivity (Wildman–Crippen MR) is 174 cm³/mol. The number of unbranched alkanes of at least 4 members (excludes halogenated alkanes) is 8. The summed E-state index contributed by atoms with van der Waals surface area (Å²) in [7, 11) is 0. The lowest BCUT2D eigenvalue weighted by Gasteiger charge is -2.26. The van der Waals surface area contributed by atoms with Gasteiger partial charge in [-0.15, -0.1) is 26.0 Å². The molecule has 1 aromatic carbocycles. The summed E-state index contributed by atoms with van der Waals surface area (Å²) in [5.41, 5.74) is 6.52. The van der Waals surface area contributed by atoms with Crippen LogP contribution in [0.15, 0.2) is 13.2 Å². The second-order valence-electron chi connectivity index (χ2n) is 12.5. The van der Waals surface area contributed by atoms with Gasteiger partial charge in [0.2, 0.25) is 0 Å². The van der Waals surface area contributed by atoms with Crippen LogP contribution >= 0.6 is 0 Å². The summed E-state index contributed by atoms with van der Waals surface area (Å²) in [6.07, 6.45) is 31.7. The van der Waals surface area contributed by atoms with Gasteiger partial charge in [0, 0.05) is 0 Å². The zero-order valence-electron chi connectivity index (χ0n) is 27.1. The van der Waals surface area contributed by atoms with Gasteiger partial charge in [-0.25, -0.2) is 0 Å². The third-order valence-electron chi connectivity index (χ3n) is 8.43. The molecule has 1 aliphatic carbocycles. The Labute approximate surface area is 240 Å².